The average molecular weight is 1120 g/mol. The molecule has 84 heavy (non-hydrogen) atoms. The molecule has 2 N–H and O–H groups in total. The molecule has 5 unspecified atom stereocenters. The lowest BCUT2D eigenvalue weighted by Crippen LogP contribution is -2.59. The Balaban J connectivity index is 0.961. The number of hydrogen-bond acceptors (Lipinski definition) is 10. The number of fused-ring (bicyclic) bond motifs is 10. The van der Waals surface area contributed by atoms with Crippen LogP contribution in [0, 0.1) is 0 Å². The van der Waals surface area contributed by atoms with E-state index in [2.05, 4.69) is 15.0 Å². The Morgan fingerprint density at radius 3 is 1.38 bits per heavy atom. The molecule has 1 fully saturated rings. The largest absolute Gasteiger partial charge is 0.375 e. The van der Waals surface area contributed by atoms with Gasteiger partial charge in [0.15, 0.2) is 6.23 Å². The number of imide groups is 1. The number of aromatic amines is 1. The maximum Gasteiger partial charge on any atom is 0.276 e. The van der Waals surface area contributed by atoms with Gasteiger partial charge >= 0.3 is 0 Å². The van der Waals surface area contributed by atoms with Crippen molar-refractivity contribution in [2.75, 3.05) is 19.8 Å². The van der Waals surface area contributed by atoms with Crippen molar-refractivity contribution in [3.05, 3.63) is 275 Å². The summed E-state index contributed by atoms with van der Waals surface area (Å²) in [6.07, 6.45) is -4.00. The Labute approximate surface area is 487 Å². The van der Waals surface area contributed by atoms with E-state index in [9.17, 15) is 0 Å². The molecule has 13 nitrogen and oxygen atoms in total. The number of hydrazine groups is 1. The Kier molecular flexibility index (Phi) is 16.6. The minimum Gasteiger partial charge on any atom is -0.375 e. The number of benzene rings is 9. The number of amides is 2. The highest BCUT2D eigenvalue weighted by Crippen LogP contribution is 2.48. The second-order valence-corrected chi connectivity index (χ2v) is 21.4. The molecule has 0 saturated carbocycles. The van der Waals surface area contributed by atoms with Crippen LogP contribution >= 0.6 is 0 Å². The van der Waals surface area contributed by atoms with Crippen LogP contribution in [0.2, 0.25) is 0 Å². The van der Waals surface area contributed by atoms with Crippen molar-refractivity contribution in [2.45, 2.75) is 76.3 Å². The molecule has 2 amide bonds. The number of H-pyrrole nitrogens is 1. The lowest BCUT2D eigenvalue weighted by atomic mass is 9.95. The summed E-state index contributed by atoms with van der Waals surface area (Å²) in [5, 5.41) is 3.88. The summed E-state index contributed by atoms with van der Waals surface area (Å²) in [7, 11) is 0. The molecule has 0 radical (unpaired) electrons. The number of hydrogen-bond donors (Lipinski definition) is 2. The molecule has 5 atom stereocenters. The lowest BCUT2D eigenvalue weighted by Gasteiger charge is -2.47. The topological polar surface area (TPSA) is 135 Å². The molecule has 11 aromatic rings. The van der Waals surface area contributed by atoms with Gasteiger partial charge in [-0.25, -0.2) is 10.4 Å². The number of rotatable bonds is 24. The minimum atomic E-state index is -0.944. The smallest absolute Gasteiger partial charge is 0.276 e. The molecule has 0 bridgehead atoms. The standard InChI is InChI=1S/C71H64N4O9/c76-69-62-60-55-35-19-21-37-57(55)72-64(60)65-61(63(62)70(77)75(69)73-54(45-78-39-48-23-7-1-8-24-48)46-79-40-49-25-9-2-10-26-49)56-36-20-22-38-58(56)74(65)71-68(83-44-53-33-17-6-18-34-53)67(82-43-52-31-15-5-16-32-52)66(81-42-51-29-13-4-14-30-51)59(84-71)47-80-41-50-27-11-3-12-28-50/h1-38,54,59,66-68,71-73H,39-47H2. The van der Waals surface area contributed by atoms with E-state index in [4.69, 9.17) is 33.2 Å². The second kappa shape index (κ2) is 25.5. The third-order valence-corrected chi connectivity index (χ3v) is 15.7. The van der Waals surface area contributed by atoms with E-state index in [-0.39, 0.29) is 50.8 Å². The molecule has 13 heteroatoms. The van der Waals surface area contributed by atoms with Gasteiger partial charge in [0.25, 0.3) is 11.8 Å². The van der Waals surface area contributed by atoms with E-state index in [1.165, 1.54) is 0 Å². The van der Waals surface area contributed by atoms with Crippen molar-refractivity contribution in [2.24, 2.45) is 0 Å². The summed E-state index contributed by atoms with van der Waals surface area (Å²) in [4.78, 5) is 35.2. The molecular formula is C71H64N4O9. The van der Waals surface area contributed by atoms with E-state index in [1.54, 1.807) is 0 Å². The normalized spacial score (nSPS) is 18.0. The van der Waals surface area contributed by atoms with E-state index in [0.717, 1.165) is 60.2 Å². The van der Waals surface area contributed by atoms with Gasteiger partial charge in [-0.1, -0.05) is 218 Å². The summed E-state index contributed by atoms with van der Waals surface area (Å²) < 4.78 is 50.8. The monoisotopic (exact) mass is 1120 g/mol. The van der Waals surface area contributed by atoms with Gasteiger partial charge in [-0.2, -0.15) is 0 Å². The van der Waals surface area contributed by atoms with Crippen LogP contribution < -0.4 is 5.43 Å². The van der Waals surface area contributed by atoms with Crippen LogP contribution in [0.1, 0.15) is 60.3 Å². The number of carbonyl (C=O) groups excluding carboxylic acids is 2. The highest BCUT2D eigenvalue weighted by molar-refractivity contribution is 6.39. The predicted molar refractivity (Wildman–Crippen MR) is 323 cm³/mol. The SMILES string of the molecule is O=C1c2c(c3c4ccccc4n(C4OC(COCc5ccccc5)C(OCc5ccccc5)C(OCc5ccccc5)C4OCc4ccccc4)c3c3[nH]c4ccccc4c23)C(=O)N1NC(COCc1ccccc1)COCc1ccccc1. The van der Waals surface area contributed by atoms with Gasteiger partial charge < -0.3 is 42.7 Å². The first kappa shape index (κ1) is 54.6. The zero-order chi connectivity index (χ0) is 56.6. The molecule has 0 aliphatic carbocycles. The van der Waals surface area contributed by atoms with Crippen LogP contribution in [0.25, 0.3) is 43.6 Å². The van der Waals surface area contributed by atoms with Gasteiger partial charge in [0.05, 0.1) is 93.2 Å². The number of aromatic nitrogens is 2. The van der Waals surface area contributed by atoms with Crippen molar-refractivity contribution in [3.63, 3.8) is 0 Å². The Bertz CT molecular complexity index is 3950. The highest BCUT2D eigenvalue weighted by Gasteiger charge is 2.51. The van der Waals surface area contributed by atoms with Crippen molar-refractivity contribution in [3.8, 4) is 0 Å². The van der Waals surface area contributed by atoms with Crippen LogP contribution in [-0.2, 0) is 72.8 Å². The molecule has 422 valence electrons. The summed E-state index contributed by atoms with van der Waals surface area (Å²) >= 11 is 0. The van der Waals surface area contributed by atoms with Gasteiger partial charge in [0.2, 0.25) is 0 Å². The third-order valence-electron chi connectivity index (χ3n) is 15.7. The molecule has 0 spiro atoms. The maximum absolute atomic E-state index is 15.8. The van der Waals surface area contributed by atoms with Gasteiger partial charge in [-0.3, -0.25) is 9.59 Å². The molecule has 4 heterocycles. The van der Waals surface area contributed by atoms with Crippen LogP contribution in [0.4, 0.5) is 0 Å². The van der Waals surface area contributed by atoms with E-state index in [1.807, 2.05) is 231 Å². The first-order valence-electron chi connectivity index (χ1n) is 28.6. The summed E-state index contributed by atoms with van der Waals surface area (Å²) in [6, 6.07) is 75.3. The van der Waals surface area contributed by atoms with Crippen LogP contribution in [0.5, 0.6) is 0 Å². The van der Waals surface area contributed by atoms with E-state index >= 15 is 9.59 Å². The summed E-state index contributed by atoms with van der Waals surface area (Å²) in [5.41, 5.74) is 12.7. The molecular weight excluding hydrogens is 1050 g/mol. The van der Waals surface area contributed by atoms with Gasteiger partial charge in [-0.15, -0.1) is 0 Å². The molecule has 2 aromatic heterocycles. The Morgan fingerprint density at radius 1 is 0.440 bits per heavy atom. The number of nitrogens with zero attached hydrogens (tertiary/aromatic N) is 2. The molecule has 1 saturated heterocycles. The quantitative estimate of drug-likeness (QED) is 0.0563. The minimum absolute atomic E-state index is 0.134. The highest BCUT2D eigenvalue weighted by atomic mass is 16.6. The fraction of sp³-hybridized carbons (Fsp3) is 0.211. The van der Waals surface area contributed by atoms with Gasteiger partial charge in [0, 0.05) is 27.1 Å². The number of para-hydroxylation sites is 2. The first-order chi connectivity index (χ1) is 41.5. The van der Waals surface area contributed by atoms with Crippen molar-refractivity contribution < 1.29 is 42.7 Å². The van der Waals surface area contributed by atoms with Crippen molar-refractivity contribution in [1.82, 2.24) is 20.0 Å². The fourth-order valence-electron chi connectivity index (χ4n) is 11.8. The Hall–Kier alpha value is -8.60. The molecule has 2 aliphatic rings. The fourth-order valence-corrected chi connectivity index (χ4v) is 11.8. The number of ether oxygens (including phenoxy) is 7. The average Bonchev–Trinajstić information content (AvgIpc) is 2.85. The molecule has 2 aliphatic heterocycles. The Morgan fingerprint density at radius 2 is 0.857 bits per heavy atom. The predicted octanol–water partition coefficient (Wildman–Crippen LogP) is 13.2. The third kappa shape index (κ3) is 11.6. The maximum atomic E-state index is 15.8. The zero-order valence-electron chi connectivity index (χ0n) is 46.3. The van der Waals surface area contributed by atoms with Gasteiger partial charge in [0.1, 0.15) is 24.4 Å². The molecule has 13 rings (SSSR count). The zero-order valence-corrected chi connectivity index (χ0v) is 46.3. The lowest BCUT2D eigenvalue weighted by molar-refractivity contribution is -0.288. The first-order valence-corrected chi connectivity index (χ1v) is 28.6. The second-order valence-electron chi connectivity index (χ2n) is 21.4. The number of nitrogens with one attached hydrogen (secondary N) is 2. The van der Waals surface area contributed by atoms with Crippen molar-refractivity contribution >= 4 is 55.4 Å². The van der Waals surface area contributed by atoms with E-state index in [0.29, 0.717) is 41.6 Å². The van der Waals surface area contributed by atoms with Crippen LogP contribution in [0.3, 0.4) is 0 Å². The van der Waals surface area contributed by atoms with Crippen molar-refractivity contribution in [1.29, 1.82) is 0 Å². The van der Waals surface area contributed by atoms with Gasteiger partial charge in [-0.05, 0) is 45.5 Å². The summed E-state index contributed by atoms with van der Waals surface area (Å²) in [6.45, 7) is 2.11. The van der Waals surface area contributed by atoms with E-state index < -0.39 is 48.5 Å². The van der Waals surface area contributed by atoms with Crippen LogP contribution in [-0.4, -0.2) is 76.7 Å². The van der Waals surface area contributed by atoms with Crippen LogP contribution in [0.15, 0.2) is 231 Å². The molecule has 9 aromatic carbocycles. The number of carbonyl (C=O) groups is 2. The summed E-state index contributed by atoms with van der Waals surface area (Å²) in [5.74, 6) is -0.987.